The van der Waals surface area contributed by atoms with E-state index in [1.807, 2.05) is 29.5 Å². The third kappa shape index (κ3) is 3.09. The third-order valence-electron chi connectivity index (χ3n) is 4.81. The number of carboxylic acid groups (broad SMARTS) is 1. The van der Waals surface area contributed by atoms with Gasteiger partial charge in [0.1, 0.15) is 5.82 Å². The molecule has 1 aliphatic rings. The molecule has 0 aromatic heterocycles. The molecule has 1 heterocycles. The maximum absolute atomic E-state index is 13.5. The number of aliphatic carboxylic acids is 1. The summed E-state index contributed by atoms with van der Waals surface area (Å²) >= 11 is 2.03. The van der Waals surface area contributed by atoms with Crippen molar-refractivity contribution in [2.75, 3.05) is 4.90 Å². The van der Waals surface area contributed by atoms with Gasteiger partial charge in [0.2, 0.25) is 5.91 Å². The van der Waals surface area contributed by atoms with Gasteiger partial charge in [0.15, 0.2) is 6.10 Å². The molecule has 3 rings (SSSR count). The molecule has 136 valence electrons. The van der Waals surface area contributed by atoms with Crippen molar-refractivity contribution in [3.05, 3.63) is 61.5 Å². The van der Waals surface area contributed by atoms with E-state index in [4.69, 9.17) is 0 Å². The van der Waals surface area contributed by atoms with Crippen LogP contribution in [0, 0.1) is 23.2 Å². The summed E-state index contributed by atoms with van der Waals surface area (Å²) in [5, 5.41) is 19.3. The van der Waals surface area contributed by atoms with Crippen LogP contribution in [0.3, 0.4) is 0 Å². The first-order valence-electron chi connectivity index (χ1n) is 7.99. The lowest BCUT2D eigenvalue weighted by molar-refractivity contribution is -0.147. The molecule has 2 aromatic carbocycles. The number of nitrogens with zero attached hydrogens (tertiary/aromatic N) is 1. The molecule has 5 nitrogen and oxygen atoms in total. The molecule has 1 atom stereocenters. The van der Waals surface area contributed by atoms with Crippen molar-refractivity contribution in [3.63, 3.8) is 0 Å². The zero-order valence-electron chi connectivity index (χ0n) is 14.2. The maximum atomic E-state index is 13.5. The predicted octanol–water partition coefficient (Wildman–Crippen LogP) is 3.25. The number of hydrogen-bond acceptors (Lipinski definition) is 3. The highest BCUT2D eigenvalue weighted by atomic mass is 127. The van der Waals surface area contributed by atoms with Gasteiger partial charge in [-0.3, -0.25) is 4.79 Å². The van der Waals surface area contributed by atoms with Crippen LogP contribution in [0.5, 0.6) is 0 Å². The number of fused-ring (bicyclic) bond motifs is 1. The Bertz CT molecular complexity index is 928. The third-order valence-corrected chi connectivity index (χ3v) is 6.20. The smallest absolute Gasteiger partial charge is 0.337 e. The summed E-state index contributed by atoms with van der Waals surface area (Å²) in [6.07, 6.45) is -1.56. The standard InChI is InChI=1S/C19H17FINO4/c1-9-13-7-15(23)22(12-5-3-4-11(20)6-12)8-14(13)10(2)17(21)16(9)18(24)19(25)26/h3-6,18,24H,7-8H2,1-2H3,(H,25,26). The minimum Gasteiger partial charge on any atom is -0.479 e. The topological polar surface area (TPSA) is 77.8 Å². The number of aliphatic hydroxyl groups excluding tert-OH is 1. The van der Waals surface area contributed by atoms with Crippen molar-refractivity contribution in [2.45, 2.75) is 32.9 Å². The number of halogens is 2. The fourth-order valence-corrected chi connectivity index (χ4v) is 4.41. The first-order valence-corrected chi connectivity index (χ1v) is 9.07. The molecule has 1 unspecified atom stereocenters. The van der Waals surface area contributed by atoms with Crippen LogP contribution in [0.1, 0.15) is 33.9 Å². The Labute approximate surface area is 163 Å². The second-order valence-corrected chi connectivity index (χ2v) is 7.39. The van der Waals surface area contributed by atoms with E-state index in [-0.39, 0.29) is 18.9 Å². The van der Waals surface area contributed by atoms with Crippen molar-refractivity contribution in [1.82, 2.24) is 0 Å². The molecule has 0 saturated carbocycles. The van der Waals surface area contributed by atoms with Crippen molar-refractivity contribution in [1.29, 1.82) is 0 Å². The molecule has 26 heavy (non-hydrogen) atoms. The van der Waals surface area contributed by atoms with E-state index in [0.29, 0.717) is 20.4 Å². The summed E-state index contributed by atoms with van der Waals surface area (Å²) in [4.78, 5) is 25.4. The van der Waals surface area contributed by atoms with E-state index >= 15 is 0 Å². The van der Waals surface area contributed by atoms with Gasteiger partial charge in [0.05, 0.1) is 13.0 Å². The highest BCUT2D eigenvalue weighted by Crippen LogP contribution is 2.37. The van der Waals surface area contributed by atoms with E-state index in [1.54, 1.807) is 19.1 Å². The van der Waals surface area contributed by atoms with E-state index in [1.165, 1.54) is 17.0 Å². The Balaban J connectivity index is 2.13. The van der Waals surface area contributed by atoms with Gasteiger partial charge < -0.3 is 15.1 Å². The molecule has 0 fully saturated rings. The van der Waals surface area contributed by atoms with Crippen molar-refractivity contribution >= 4 is 40.2 Å². The molecule has 0 saturated heterocycles. The highest BCUT2D eigenvalue weighted by molar-refractivity contribution is 14.1. The Kier molecular flexibility index (Phi) is 5.03. The summed E-state index contributed by atoms with van der Waals surface area (Å²) in [7, 11) is 0. The summed E-state index contributed by atoms with van der Waals surface area (Å²) in [5.41, 5.74) is 3.93. The van der Waals surface area contributed by atoms with Crippen LogP contribution in [0.15, 0.2) is 24.3 Å². The molecule has 1 aliphatic heterocycles. The van der Waals surface area contributed by atoms with Gasteiger partial charge in [-0.05, 0) is 76.9 Å². The Morgan fingerprint density at radius 2 is 1.96 bits per heavy atom. The first kappa shape index (κ1) is 18.8. The first-order chi connectivity index (χ1) is 12.2. The fraction of sp³-hybridized carbons (Fsp3) is 0.263. The van der Waals surface area contributed by atoms with E-state index in [9.17, 15) is 24.2 Å². The molecule has 0 bridgehead atoms. The van der Waals surface area contributed by atoms with Gasteiger partial charge in [0.25, 0.3) is 0 Å². The fourth-order valence-electron chi connectivity index (χ4n) is 3.39. The van der Waals surface area contributed by atoms with Crippen molar-refractivity contribution in [2.24, 2.45) is 0 Å². The van der Waals surface area contributed by atoms with Crippen molar-refractivity contribution < 1.29 is 24.2 Å². The number of carbonyl (C=O) groups excluding carboxylic acids is 1. The van der Waals surface area contributed by atoms with Crippen molar-refractivity contribution in [3.8, 4) is 0 Å². The molecule has 0 spiro atoms. The minimum atomic E-state index is -1.64. The lowest BCUT2D eigenvalue weighted by atomic mass is 9.86. The monoisotopic (exact) mass is 469 g/mol. The van der Waals surface area contributed by atoms with Crippen LogP contribution in [-0.2, 0) is 22.6 Å². The Morgan fingerprint density at radius 1 is 1.27 bits per heavy atom. The molecular weight excluding hydrogens is 452 g/mol. The van der Waals surface area contributed by atoms with Crippen LogP contribution in [0.25, 0.3) is 0 Å². The molecule has 2 aromatic rings. The molecule has 0 radical (unpaired) electrons. The molecule has 0 aliphatic carbocycles. The van der Waals surface area contributed by atoms with Gasteiger partial charge in [-0.2, -0.15) is 0 Å². The molecule has 1 amide bonds. The number of aliphatic hydroxyl groups is 1. The van der Waals surface area contributed by atoms with Crippen LogP contribution in [0.4, 0.5) is 10.1 Å². The van der Waals surface area contributed by atoms with Crippen LogP contribution < -0.4 is 4.90 Å². The highest BCUT2D eigenvalue weighted by Gasteiger charge is 2.32. The van der Waals surface area contributed by atoms with Gasteiger partial charge in [0, 0.05) is 14.8 Å². The Morgan fingerprint density at radius 3 is 2.58 bits per heavy atom. The van der Waals surface area contributed by atoms with E-state index in [0.717, 1.165) is 16.7 Å². The molecular formula is C19H17FINO4. The summed E-state index contributed by atoms with van der Waals surface area (Å²) in [5.74, 6) is -1.93. The van der Waals surface area contributed by atoms with E-state index in [2.05, 4.69) is 0 Å². The van der Waals surface area contributed by atoms with Gasteiger partial charge in [-0.15, -0.1) is 0 Å². The van der Waals surface area contributed by atoms with E-state index < -0.39 is 17.9 Å². The number of rotatable bonds is 3. The van der Waals surface area contributed by atoms with Crippen LogP contribution in [-0.4, -0.2) is 22.1 Å². The number of benzene rings is 2. The van der Waals surface area contributed by atoms with Gasteiger partial charge >= 0.3 is 5.97 Å². The lowest BCUT2D eigenvalue weighted by Crippen LogP contribution is -2.37. The predicted molar refractivity (Wildman–Crippen MR) is 103 cm³/mol. The average Bonchev–Trinajstić information content (AvgIpc) is 2.59. The zero-order valence-corrected chi connectivity index (χ0v) is 16.4. The minimum absolute atomic E-state index is 0.0782. The summed E-state index contributed by atoms with van der Waals surface area (Å²) in [6, 6.07) is 5.88. The largest absolute Gasteiger partial charge is 0.479 e. The van der Waals surface area contributed by atoms with Crippen LogP contribution >= 0.6 is 22.6 Å². The zero-order chi connectivity index (χ0) is 19.2. The van der Waals surface area contributed by atoms with Crippen LogP contribution in [0.2, 0.25) is 0 Å². The number of amides is 1. The lowest BCUT2D eigenvalue weighted by Gasteiger charge is -2.33. The quantitative estimate of drug-likeness (QED) is 0.677. The second kappa shape index (κ2) is 6.96. The summed E-state index contributed by atoms with van der Waals surface area (Å²) < 4.78 is 14.2. The summed E-state index contributed by atoms with van der Waals surface area (Å²) in [6.45, 7) is 3.86. The maximum Gasteiger partial charge on any atom is 0.337 e. The number of carboxylic acids is 1. The molecule has 2 N–H and O–H groups in total. The number of carbonyl (C=O) groups is 2. The normalized spacial score (nSPS) is 15.0. The number of anilines is 1. The molecule has 7 heteroatoms. The Hall–Kier alpha value is -2.00. The second-order valence-electron chi connectivity index (χ2n) is 6.31. The van der Waals surface area contributed by atoms with Gasteiger partial charge in [-0.25, -0.2) is 9.18 Å². The average molecular weight is 469 g/mol. The van der Waals surface area contributed by atoms with Gasteiger partial charge in [-0.1, -0.05) is 6.07 Å². The SMILES string of the molecule is Cc1c(I)c(C(O)C(=O)O)c(C)c2c1CN(c1cccc(F)c1)C(=O)C2. The number of hydrogen-bond donors (Lipinski definition) is 2.